The topological polar surface area (TPSA) is 41.1 Å². The molecule has 0 heterocycles. The average Bonchev–Trinajstić information content (AvgIpc) is 2.44. The highest BCUT2D eigenvalue weighted by Gasteiger charge is 2.13. The molecule has 20 heavy (non-hydrogen) atoms. The van der Waals surface area contributed by atoms with Gasteiger partial charge in [-0.3, -0.25) is 4.79 Å². The highest BCUT2D eigenvalue weighted by atomic mass is 79.9. The van der Waals surface area contributed by atoms with Gasteiger partial charge in [0.25, 0.3) is 5.91 Å². The van der Waals surface area contributed by atoms with E-state index in [0.29, 0.717) is 5.56 Å². The minimum atomic E-state index is -0.144. The molecule has 0 aliphatic rings. The lowest BCUT2D eigenvalue weighted by Gasteiger charge is -2.13. The van der Waals surface area contributed by atoms with Gasteiger partial charge in [0.15, 0.2) is 0 Å². The normalized spacial score (nSPS) is 10.2. The van der Waals surface area contributed by atoms with Gasteiger partial charge >= 0.3 is 0 Å². The minimum absolute atomic E-state index is 0.144. The van der Waals surface area contributed by atoms with Gasteiger partial charge in [-0.05, 0) is 63.0 Å². The van der Waals surface area contributed by atoms with E-state index in [1.165, 1.54) is 0 Å². The van der Waals surface area contributed by atoms with E-state index < -0.39 is 0 Å². The molecule has 0 bridgehead atoms. The van der Waals surface area contributed by atoms with E-state index in [9.17, 15) is 4.79 Å². The number of nitrogens with one attached hydrogen (secondary N) is 2. The predicted molar refractivity (Wildman–Crippen MR) is 90.4 cm³/mol. The molecule has 0 saturated heterocycles. The van der Waals surface area contributed by atoms with Crippen LogP contribution in [0.3, 0.4) is 0 Å². The molecule has 0 fully saturated rings. The summed E-state index contributed by atoms with van der Waals surface area (Å²) in [5, 5.41) is 6.11. The third-order valence-electron chi connectivity index (χ3n) is 2.74. The molecule has 0 saturated carbocycles. The number of hydrogen-bond acceptors (Lipinski definition) is 2. The van der Waals surface area contributed by atoms with Crippen LogP contribution in [0.25, 0.3) is 0 Å². The van der Waals surface area contributed by atoms with Crippen molar-refractivity contribution in [3.05, 3.63) is 57.0 Å². The number of carbonyl (C=O) groups excluding carboxylic acids is 1. The number of para-hydroxylation sites is 2. The lowest BCUT2D eigenvalue weighted by molar-refractivity contribution is 0.102. The van der Waals surface area contributed by atoms with E-state index in [-0.39, 0.29) is 5.91 Å². The number of benzene rings is 2. The van der Waals surface area contributed by atoms with Crippen LogP contribution in [-0.4, -0.2) is 12.5 Å². The Labute approximate surface area is 135 Å². The summed E-state index contributed by atoms with van der Waals surface area (Å²) in [6, 6.07) is 13.1. The molecule has 2 aromatic rings. The Morgan fingerprint density at radius 2 is 1.70 bits per heavy atom. The van der Waals surface area contributed by atoms with Gasteiger partial charge in [0.2, 0.25) is 0 Å². The summed E-state index contributed by atoms with van der Waals surface area (Å²) in [7, 11) is 0. The summed E-state index contributed by atoms with van der Waals surface area (Å²) in [6.07, 6.45) is 0. The van der Waals surface area contributed by atoms with Crippen molar-refractivity contribution in [2.24, 2.45) is 0 Å². The molecule has 0 atom stereocenters. The third kappa shape index (κ3) is 3.41. The van der Waals surface area contributed by atoms with Crippen molar-refractivity contribution in [1.29, 1.82) is 0 Å². The largest absolute Gasteiger partial charge is 0.385 e. The summed E-state index contributed by atoms with van der Waals surface area (Å²) in [5.74, 6) is -0.144. The maximum absolute atomic E-state index is 12.4. The monoisotopic (exact) mass is 396 g/mol. The summed E-state index contributed by atoms with van der Waals surface area (Å²) in [6.45, 7) is 2.77. The van der Waals surface area contributed by atoms with Crippen molar-refractivity contribution in [3.8, 4) is 0 Å². The second-order valence-corrected chi connectivity index (χ2v) is 5.84. The second-order valence-electron chi connectivity index (χ2n) is 4.13. The van der Waals surface area contributed by atoms with Crippen molar-refractivity contribution in [3.63, 3.8) is 0 Å². The van der Waals surface area contributed by atoms with Crippen LogP contribution in [0, 0.1) is 0 Å². The average molecular weight is 398 g/mol. The van der Waals surface area contributed by atoms with Crippen LogP contribution in [0.1, 0.15) is 17.3 Å². The SMILES string of the molecule is CCNc1ccccc1C(=O)Nc1c(Br)cccc1Br. The van der Waals surface area contributed by atoms with Crippen molar-refractivity contribution in [2.75, 3.05) is 17.2 Å². The predicted octanol–water partition coefficient (Wildman–Crippen LogP) is 4.90. The molecule has 104 valence electrons. The van der Waals surface area contributed by atoms with Crippen molar-refractivity contribution in [1.82, 2.24) is 0 Å². The van der Waals surface area contributed by atoms with Gasteiger partial charge in [-0.1, -0.05) is 18.2 Å². The van der Waals surface area contributed by atoms with Crippen molar-refractivity contribution >= 4 is 49.1 Å². The summed E-state index contributed by atoms with van der Waals surface area (Å²) >= 11 is 6.87. The zero-order chi connectivity index (χ0) is 14.5. The Hall–Kier alpha value is -1.33. The van der Waals surface area contributed by atoms with E-state index >= 15 is 0 Å². The molecule has 3 nitrogen and oxygen atoms in total. The lowest BCUT2D eigenvalue weighted by atomic mass is 10.1. The van der Waals surface area contributed by atoms with Gasteiger partial charge in [-0.15, -0.1) is 0 Å². The summed E-state index contributed by atoms with van der Waals surface area (Å²) in [5.41, 5.74) is 2.18. The second kappa shape index (κ2) is 6.90. The first-order chi connectivity index (χ1) is 9.63. The highest BCUT2D eigenvalue weighted by molar-refractivity contribution is 9.11. The Bertz CT molecular complexity index is 609. The minimum Gasteiger partial charge on any atom is -0.385 e. The summed E-state index contributed by atoms with van der Waals surface area (Å²) < 4.78 is 1.67. The molecule has 0 aliphatic heterocycles. The van der Waals surface area contributed by atoms with Crippen LogP contribution >= 0.6 is 31.9 Å². The molecule has 2 rings (SSSR count). The molecule has 5 heteroatoms. The smallest absolute Gasteiger partial charge is 0.257 e. The lowest BCUT2D eigenvalue weighted by Crippen LogP contribution is -2.15. The van der Waals surface area contributed by atoms with Gasteiger partial charge < -0.3 is 10.6 Å². The third-order valence-corrected chi connectivity index (χ3v) is 4.06. The molecule has 0 spiro atoms. The molecule has 2 aromatic carbocycles. The van der Waals surface area contributed by atoms with E-state index in [4.69, 9.17) is 0 Å². The van der Waals surface area contributed by atoms with Crippen molar-refractivity contribution in [2.45, 2.75) is 6.92 Å². The molecule has 0 aromatic heterocycles. The van der Waals surface area contributed by atoms with Gasteiger partial charge in [-0.2, -0.15) is 0 Å². The van der Waals surface area contributed by atoms with E-state index in [1.54, 1.807) is 6.07 Å². The highest BCUT2D eigenvalue weighted by Crippen LogP contribution is 2.31. The molecule has 0 aliphatic carbocycles. The quantitative estimate of drug-likeness (QED) is 0.770. The fourth-order valence-corrected chi connectivity index (χ4v) is 3.02. The molecular formula is C15H14Br2N2O. The molecule has 1 amide bonds. The number of carbonyl (C=O) groups is 1. The summed E-state index contributed by atoms with van der Waals surface area (Å²) in [4.78, 5) is 12.4. The molecule has 2 N–H and O–H groups in total. The first-order valence-corrected chi connectivity index (χ1v) is 7.80. The Morgan fingerprint density at radius 1 is 1.05 bits per heavy atom. The Balaban J connectivity index is 2.29. The molecular weight excluding hydrogens is 384 g/mol. The zero-order valence-corrected chi connectivity index (χ0v) is 14.1. The number of hydrogen-bond donors (Lipinski definition) is 2. The van der Waals surface area contributed by atoms with Crippen LogP contribution in [0.5, 0.6) is 0 Å². The number of halogens is 2. The number of amides is 1. The Kier molecular flexibility index (Phi) is 5.20. The number of anilines is 2. The Morgan fingerprint density at radius 3 is 2.35 bits per heavy atom. The van der Waals surface area contributed by atoms with Crippen LogP contribution in [0.4, 0.5) is 11.4 Å². The number of rotatable bonds is 4. The van der Waals surface area contributed by atoms with Crippen molar-refractivity contribution < 1.29 is 4.79 Å². The maximum Gasteiger partial charge on any atom is 0.257 e. The van der Waals surface area contributed by atoms with Crippen LogP contribution < -0.4 is 10.6 Å². The van der Waals surface area contributed by atoms with E-state index in [1.807, 2.05) is 43.3 Å². The zero-order valence-electron chi connectivity index (χ0n) is 10.9. The van der Waals surface area contributed by atoms with Gasteiger partial charge in [0, 0.05) is 21.2 Å². The van der Waals surface area contributed by atoms with Gasteiger partial charge in [0.05, 0.1) is 11.3 Å². The van der Waals surface area contributed by atoms with Gasteiger partial charge in [-0.25, -0.2) is 0 Å². The van der Waals surface area contributed by atoms with Crippen LogP contribution in [0.15, 0.2) is 51.4 Å². The first kappa shape index (κ1) is 15.1. The first-order valence-electron chi connectivity index (χ1n) is 6.21. The van der Waals surface area contributed by atoms with Crippen LogP contribution in [-0.2, 0) is 0 Å². The molecule has 0 radical (unpaired) electrons. The molecule has 0 unspecified atom stereocenters. The van der Waals surface area contributed by atoms with Gasteiger partial charge in [0.1, 0.15) is 0 Å². The fourth-order valence-electron chi connectivity index (χ4n) is 1.82. The van der Waals surface area contributed by atoms with Crippen LogP contribution in [0.2, 0.25) is 0 Å². The standard InChI is InChI=1S/C15H14Br2N2O/c1-2-18-13-9-4-3-6-10(13)15(20)19-14-11(16)7-5-8-12(14)17/h3-9,18H,2H2,1H3,(H,19,20). The van der Waals surface area contributed by atoms with E-state index in [2.05, 4.69) is 42.5 Å². The maximum atomic E-state index is 12.4. The fraction of sp³-hybridized carbons (Fsp3) is 0.133. The van der Waals surface area contributed by atoms with E-state index in [0.717, 1.165) is 26.9 Å².